The first kappa shape index (κ1) is 20.2. The van der Waals surface area contributed by atoms with E-state index in [0.717, 1.165) is 24.9 Å². The highest BCUT2D eigenvalue weighted by molar-refractivity contribution is 5.95. The van der Waals surface area contributed by atoms with Gasteiger partial charge in [0.1, 0.15) is 5.75 Å². The normalized spacial score (nSPS) is 23.0. The molecular formula is C21H29N3O4. The van der Waals surface area contributed by atoms with Crippen molar-refractivity contribution in [2.75, 3.05) is 26.8 Å². The minimum absolute atomic E-state index is 0.277. The average Bonchev–Trinajstić information content (AvgIpc) is 2.69. The number of hydrogen-bond donors (Lipinski definition) is 2. The summed E-state index contributed by atoms with van der Waals surface area (Å²) in [7, 11) is 1.60. The molecule has 1 saturated heterocycles. The summed E-state index contributed by atoms with van der Waals surface area (Å²) in [4.78, 5) is 27.5. The van der Waals surface area contributed by atoms with Gasteiger partial charge in [0.25, 0.3) is 0 Å². The van der Waals surface area contributed by atoms with Gasteiger partial charge in [0.15, 0.2) is 0 Å². The van der Waals surface area contributed by atoms with E-state index in [0.29, 0.717) is 29.6 Å². The number of carbonyl (C=O) groups is 2. The second-order valence-corrected chi connectivity index (χ2v) is 7.23. The lowest BCUT2D eigenvalue weighted by Crippen LogP contribution is -2.50. The first-order valence-corrected chi connectivity index (χ1v) is 9.89. The molecule has 3 rings (SSSR count). The van der Waals surface area contributed by atoms with Crippen molar-refractivity contribution in [3.8, 4) is 5.75 Å². The van der Waals surface area contributed by atoms with Crippen molar-refractivity contribution in [3.05, 3.63) is 41.1 Å². The highest BCUT2D eigenvalue weighted by Crippen LogP contribution is 2.30. The molecule has 2 N–H and O–H groups in total. The zero-order valence-electron chi connectivity index (χ0n) is 16.8. The summed E-state index contributed by atoms with van der Waals surface area (Å²) in [6.45, 7) is 5.72. The van der Waals surface area contributed by atoms with Crippen LogP contribution in [0.1, 0.15) is 44.7 Å². The van der Waals surface area contributed by atoms with E-state index in [1.807, 2.05) is 24.3 Å². The number of urea groups is 1. The van der Waals surface area contributed by atoms with Gasteiger partial charge in [-0.3, -0.25) is 4.90 Å². The quantitative estimate of drug-likeness (QED) is 0.734. The van der Waals surface area contributed by atoms with Crippen LogP contribution >= 0.6 is 0 Å². The Balaban J connectivity index is 1.98. The topological polar surface area (TPSA) is 79.9 Å². The number of esters is 1. The van der Waals surface area contributed by atoms with Gasteiger partial charge in [-0.25, -0.2) is 9.59 Å². The van der Waals surface area contributed by atoms with E-state index in [2.05, 4.69) is 22.5 Å². The summed E-state index contributed by atoms with van der Waals surface area (Å²) < 4.78 is 10.5. The summed E-state index contributed by atoms with van der Waals surface area (Å²) in [6.07, 6.45) is 3.46. The molecule has 7 nitrogen and oxygen atoms in total. The highest BCUT2D eigenvalue weighted by atomic mass is 16.5. The van der Waals surface area contributed by atoms with Crippen LogP contribution in [0.15, 0.2) is 35.5 Å². The van der Waals surface area contributed by atoms with E-state index in [-0.39, 0.29) is 12.6 Å². The third-order valence-corrected chi connectivity index (χ3v) is 5.40. The molecule has 0 bridgehead atoms. The first-order chi connectivity index (χ1) is 13.5. The van der Waals surface area contributed by atoms with Gasteiger partial charge in [0.2, 0.25) is 0 Å². The zero-order chi connectivity index (χ0) is 20.1. The molecule has 0 saturated carbocycles. The smallest absolute Gasteiger partial charge is 0.338 e. The zero-order valence-corrected chi connectivity index (χ0v) is 16.8. The number of amides is 2. The highest BCUT2D eigenvalue weighted by Gasteiger charge is 2.35. The minimum atomic E-state index is -0.561. The van der Waals surface area contributed by atoms with E-state index >= 15 is 0 Å². The number of carbonyl (C=O) groups excluding carboxylic acids is 2. The molecule has 28 heavy (non-hydrogen) atoms. The molecule has 0 spiro atoms. The Morgan fingerprint density at radius 3 is 2.64 bits per heavy atom. The van der Waals surface area contributed by atoms with E-state index in [4.69, 9.17) is 9.47 Å². The molecule has 1 fully saturated rings. The van der Waals surface area contributed by atoms with Crippen molar-refractivity contribution in [3.63, 3.8) is 0 Å². The van der Waals surface area contributed by atoms with E-state index in [1.54, 1.807) is 14.0 Å². The van der Waals surface area contributed by atoms with Crippen LogP contribution in [-0.4, -0.2) is 49.7 Å². The van der Waals surface area contributed by atoms with Crippen LogP contribution in [0.25, 0.3) is 0 Å². The lowest BCUT2D eigenvalue weighted by atomic mass is 9.94. The fourth-order valence-corrected chi connectivity index (χ4v) is 3.83. The van der Waals surface area contributed by atoms with E-state index in [9.17, 15) is 9.59 Å². The standard InChI is InChI=1S/C21H29N3O4/c1-4-28-20(25)18-17(13-24-12-6-5-7-14(24)2)22-21(26)23-19(18)15-8-10-16(27-3)11-9-15/h8-11,14,19H,4-7,12-13H2,1-3H3,(H2,22,23,26). The molecular weight excluding hydrogens is 358 g/mol. The number of piperidine rings is 1. The van der Waals surface area contributed by atoms with Crippen LogP contribution in [-0.2, 0) is 9.53 Å². The van der Waals surface area contributed by atoms with Crippen molar-refractivity contribution in [1.82, 2.24) is 15.5 Å². The van der Waals surface area contributed by atoms with Crippen molar-refractivity contribution in [2.45, 2.75) is 45.2 Å². The summed E-state index contributed by atoms with van der Waals surface area (Å²) >= 11 is 0. The number of methoxy groups -OCH3 is 1. The Morgan fingerprint density at radius 1 is 1.25 bits per heavy atom. The maximum Gasteiger partial charge on any atom is 0.338 e. The lowest BCUT2D eigenvalue weighted by Gasteiger charge is -2.36. The Kier molecular flexibility index (Phi) is 6.57. The average molecular weight is 387 g/mol. The van der Waals surface area contributed by atoms with Crippen molar-refractivity contribution in [2.24, 2.45) is 0 Å². The second kappa shape index (κ2) is 9.10. The van der Waals surface area contributed by atoms with Gasteiger partial charge in [-0.1, -0.05) is 18.6 Å². The minimum Gasteiger partial charge on any atom is -0.497 e. The van der Waals surface area contributed by atoms with Crippen LogP contribution in [0.3, 0.4) is 0 Å². The fraction of sp³-hybridized carbons (Fsp3) is 0.524. The summed E-state index contributed by atoms with van der Waals surface area (Å²) in [5.41, 5.74) is 1.89. The van der Waals surface area contributed by atoms with Crippen molar-refractivity contribution < 1.29 is 19.1 Å². The number of ether oxygens (including phenoxy) is 2. The number of benzene rings is 1. The first-order valence-electron chi connectivity index (χ1n) is 9.89. The van der Waals surface area contributed by atoms with E-state index in [1.165, 1.54) is 6.42 Å². The Morgan fingerprint density at radius 2 is 2.00 bits per heavy atom. The monoisotopic (exact) mass is 387 g/mol. The lowest BCUT2D eigenvalue weighted by molar-refractivity contribution is -0.139. The Labute approximate surface area is 166 Å². The molecule has 2 aliphatic rings. The number of rotatable bonds is 6. The molecule has 2 unspecified atom stereocenters. The van der Waals surface area contributed by atoms with E-state index < -0.39 is 12.0 Å². The molecule has 0 aliphatic carbocycles. The molecule has 2 atom stereocenters. The molecule has 1 aromatic rings. The number of hydrogen-bond acceptors (Lipinski definition) is 5. The molecule has 0 aromatic heterocycles. The van der Waals surface area contributed by atoms with Crippen LogP contribution < -0.4 is 15.4 Å². The number of likely N-dealkylation sites (tertiary alicyclic amines) is 1. The summed E-state index contributed by atoms with van der Waals surface area (Å²) in [5.74, 6) is 0.309. The maximum absolute atomic E-state index is 12.8. The van der Waals surface area contributed by atoms with Crippen LogP contribution in [0, 0.1) is 0 Å². The van der Waals surface area contributed by atoms with Gasteiger partial charge >= 0.3 is 12.0 Å². The van der Waals surface area contributed by atoms with Gasteiger partial charge in [0.05, 0.1) is 25.3 Å². The maximum atomic E-state index is 12.8. The third kappa shape index (κ3) is 4.47. The predicted molar refractivity (Wildman–Crippen MR) is 106 cm³/mol. The Bertz CT molecular complexity index is 745. The van der Waals surface area contributed by atoms with Crippen molar-refractivity contribution in [1.29, 1.82) is 0 Å². The largest absolute Gasteiger partial charge is 0.497 e. The molecule has 7 heteroatoms. The number of nitrogens with zero attached hydrogens (tertiary/aromatic N) is 1. The molecule has 1 aromatic carbocycles. The molecule has 0 radical (unpaired) electrons. The molecule has 2 heterocycles. The predicted octanol–water partition coefficient (Wildman–Crippen LogP) is 2.74. The summed E-state index contributed by atoms with van der Waals surface area (Å²) in [5, 5.41) is 5.73. The van der Waals surface area contributed by atoms with Gasteiger partial charge in [-0.05, 0) is 50.9 Å². The Hall–Kier alpha value is -2.54. The van der Waals surface area contributed by atoms with Gasteiger partial charge < -0.3 is 20.1 Å². The van der Waals surface area contributed by atoms with Gasteiger partial charge in [0, 0.05) is 18.3 Å². The van der Waals surface area contributed by atoms with Gasteiger partial charge in [-0.2, -0.15) is 0 Å². The molecule has 2 amide bonds. The molecule has 152 valence electrons. The van der Waals surface area contributed by atoms with Crippen LogP contribution in [0.5, 0.6) is 5.75 Å². The number of nitrogens with one attached hydrogen (secondary N) is 2. The molecule has 2 aliphatic heterocycles. The second-order valence-electron chi connectivity index (χ2n) is 7.23. The van der Waals surface area contributed by atoms with Crippen molar-refractivity contribution >= 4 is 12.0 Å². The van der Waals surface area contributed by atoms with Crippen LogP contribution in [0.4, 0.5) is 4.79 Å². The fourth-order valence-electron chi connectivity index (χ4n) is 3.83. The van der Waals surface area contributed by atoms with Crippen LogP contribution in [0.2, 0.25) is 0 Å². The third-order valence-electron chi connectivity index (χ3n) is 5.40. The summed E-state index contributed by atoms with van der Waals surface area (Å²) in [6, 6.07) is 6.89. The van der Waals surface area contributed by atoms with Gasteiger partial charge in [-0.15, -0.1) is 0 Å². The SMILES string of the molecule is CCOC(=O)C1=C(CN2CCCCC2C)NC(=O)NC1c1ccc(OC)cc1.